The molecule has 0 aromatic heterocycles. The first-order valence-corrected chi connectivity index (χ1v) is 10.2. The van der Waals surface area contributed by atoms with Gasteiger partial charge in [0.15, 0.2) is 5.96 Å². The molecule has 0 bridgehead atoms. The van der Waals surface area contributed by atoms with Crippen molar-refractivity contribution in [1.29, 1.82) is 0 Å². The summed E-state index contributed by atoms with van der Waals surface area (Å²) in [6, 6.07) is 8.28. The van der Waals surface area contributed by atoms with Gasteiger partial charge in [0.25, 0.3) is 0 Å². The predicted octanol–water partition coefficient (Wildman–Crippen LogP) is 2.46. The molecule has 1 aromatic carbocycles. The monoisotopic (exact) mass is 374 g/mol. The minimum absolute atomic E-state index is 0.576. The van der Waals surface area contributed by atoms with Gasteiger partial charge in [-0.05, 0) is 37.8 Å². The second kappa shape index (κ2) is 9.83. The van der Waals surface area contributed by atoms with Crippen molar-refractivity contribution >= 4 is 11.6 Å². The third kappa shape index (κ3) is 5.28. The smallest absolute Gasteiger partial charge is 0.193 e. The lowest BCUT2D eigenvalue weighted by molar-refractivity contribution is 0.181. The first kappa shape index (κ1) is 19.8. The zero-order valence-corrected chi connectivity index (χ0v) is 17.0. The van der Waals surface area contributed by atoms with E-state index >= 15 is 0 Å². The Morgan fingerprint density at radius 1 is 1.33 bits per heavy atom. The topological polar surface area (TPSA) is 49.3 Å². The van der Waals surface area contributed by atoms with E-state index < -0.39 is 0 Å². The molecule has 2 aliphatic rings. The zero-order valence-electron chi connectivity index (χ0n) is 17.0. The van der Waals surface area contributed by atoms with Crippen LogP contribution < -0.4 is 15.0 Å². The highest BCUT2D eigenvalue weighted by molar-refractivity contribution is 5.79. The standard InChI is InChI=1S/C21H34N4O2/c1-4-22-21(24(2)14-18-10-12-27-16-18)23-13-17-9-11-25(15-17)19-7-5-6-8-20(19)26-3/h5-8,17-18H,4,9-16H2,1-3H3,(H,22,23). The molecule has 3 rings (SSSR count). The van der Waals surface area contributed by atoms with Gasteiger partial charge in [-0.3, -0.25) is 4.99 Å². The van der Waals surface area contributed by atoms with Crippen molar-refractivity contribution in [2.24, 2.45) is 16.8 Å². The molecule has 150 valence electrons. The van der Waals surface area contributed by atoms with E-state index in [1.54, 1.807) is 7.11 Å². The van der Waals surface area contributed by atoms with Crippen molar-refractivity contribution in [1.82, 2.24) is 10.2 Å². The van der Waals surface area contributed by atoms with Gasteiger partial charge in [-0.2, -0.15) is 0 Å². The van der Waals surface area contributed by atoms with Crippen LogP contribution in [0, 0.1) is 11.8 Å². The number of guanidine groups is 1. The van der Waals surface area contributed by atoms with Gasteiger partial charge >= 0.3 is 0 Å². The summed E-state index contributed by atoms with van der Waals surface area (Å²) in [4.78, 5) is 9.62. The molecule has 2 fully saturated rings. The van der Waals surface area contributed by atoms with Crippen molar-refractivity contribution < 1.29 is 9.47 Å². The molecule has 0 aliphatic carbocycles. The zero-order chi connectivity index (χ0) is 19.1. The van der Waals surface area contributed by atoms with Gasteiger partial charge in [0.1, 0.15) is 5.75 Å². The fourth-order valence-corrected chi connectivity index (χ4v) is 3.98. The van der Waals surface area contributed by atoms with Crippen molar-refractivity contribution in [2.75, 3.05) is 65.0 Å². The van der Waals surface area contributed by atoms with Gasteiger partial charge in [0, 0.05) is 52.3 Å². The second-order valence-corrected chi connectivity index (χ2v) is 7.58. The summed E-state index contributed by atoms with van der Waals surface area (Å²) in [7, 11) is 3.88. The van der Waals surface area contributed by atoms with Gasteiger partial charge in [0.05, 0.1) is 19.4 Å². The Bertz CT molecular complexity index is 616. The fourth-order valence-electron chi connectivity index (χ4n) is 3.98. The number of para-hydroxylation sites is 2. The van der Waals surface area contributed by atoms with Crippen LogP contribution in [-0.4, -0.2) is 71.0 Å². The number of anilines is 1. The number of nitrogens with one attached hydrogen (secondary N) is 1. The molecule has 1 N–H and O–H groups in total. The Kier molecular flexibility index (Phi) is 7.21. The Hall–Kier alpha value is -1.95. The average molecular weight is 375 g/mol. The van der Waals surface area contributed by atoms with E-state index in [0.717, 1.165) is 64.1 Å². The Balaban J connectivity index is 1.56. The highest BCUT2D eigenvalue weighted by Gasteiger charge is 2.25. The minimum Gasteiger partial charge on any atom is -0.495 e. The largest absolute Gasteiger partial charge is 0.495 e. The molecular formula is C21H34N4O2. The van der Waals surface area contributed by atoms with Crippen LogP contribution in [0.15, 0.2) is 29.3 Å². The maximum atomic E-state index is 5.52. The number of benzene rings is 1. The molecule has 2 heterocycles. The van der Waals surface area contributed by atoms with Crippen LogP contribution in [0.5, 0.6) is 5.75 Å². The van der Waals surface area contributed by atoms with Gasteiger partial charge in [-0.15, -0.1) is 0 Å². The van der Waals surface area contributed by atoms with E-state index in [9.17, 15) is 0 Å². The third-order valence-electron chi connectivity index (χ3n) is 5.46. The van der Waals surface area contributed by atoms with Gasteiger partial charge in [-0.1, -0.05) is 12.1 Å². The maximum absolute atomic E-state index is 5.52. The minimum atomic E-state index is 0.576. The SMILES string of the molecule is CCNC(=NCC1CCN(c2ccccc2OC)C1)N(C)CC1CCOC1. The van der Waals surface area contributed by atoms with Gasteiger partial charge < -0.3 is 24.6 Å². The molecule has 27 heavy (non-hydrogen) atoms. The highest BCUT2D eigenvalue weighted by Crippen LogP contribution is 2.32. The van der Waals surface area contributed by atoms with E-state index in [1.807, 2.05) is 12.1 Å². The number of hydrogen-bond acceptors (Lipinski definition) is 4. The number of methoxy groups -OCH3 is 1. The molecule has 0 radical (unpaired) electrons. The number of nitrogens with zero attached hydrogens (tertiary/aromatic N) is 3. The summed E-state index contributed by atoms with van der Waals surface area (Å²) in [5.74, 6) is 3.16. The molecule has 0 spiro atoms. The van der Waals surface area contributed by atoms with Crippen molar-refractivity contribution in [3.05, 3.63) is 24.3 Å². The lowest BCUT2D eigenvalue weighted by Gasteiger charge is -2.25. The summed E-state index contributed by atoms with van der Waals surface area (Å²) in [6.07, 6.45) is 2.32. The first-order chi connectivity index (χ1) is 13.2. The van der Waals surface area contributed by atoms with Crippen LogP contribution >= 0.6 is 0 Å². The summed E-state index contributed by atoms with van der Waals surface area (Å²) in [6.45, 7) is 8.75. The van der Waals surface area contributed by atoms with Gasteiger partial charge in [-0.25, -0.2) is 0 Å². The Morgan fingerprint density at radius 2 is 2.19 bits per heavy atom. The molecule has 2 saturated heterocycles. The number of ether oxygens (including phenoxy) is 2. The number of rotatable bonds is 7. The lowest BCUT2D eigenvalue weighted by Crippen LogP contribution is -2.41. The maximum Gasteiger partial charge on any atom is 0.193 e. The molecule has 0 saturated carbocycles. The predicted molar refractivity (Wildman–Crippen MR) is 111 cm³/mol. The molecule has 2 unspecified atom stereocenters. The lowest BCUT2D eigenvalue weighted by atomic mass is 10.1. The third-order valence-corrected chi connectivity index (χ3v) is 5.46. The van der Waals surface area contributed by atoms with E-state index in [0.29, 0.717) is 11.8 Å². The summed E-state index contributed by atoms with van der Waals surface area (Å²) in [5.41, 5.74) is 1.19. The molecular weight excluding hydrogens is 340 g/mol. The van der Waals surface area contributed by atoms with Crippen LogP contribution in [0.25, 0.3) is 0 Å². The fraction of sp³-hybridized carbons (Fsp3) is 0.667. The van der Waals surface area contributed by atoms with Crippen LogP contribution in [0.3, 0.4) is 0 Å². The molecule has 6 nitrogen and oxygen atoms in total. The van der Waals surface area contributed by atoms with E-state index in [2.05, 4.69) is 41.2 Å². The Morgan fingerprint density at radius 3 is 2.93 bits per heavy atom. The van der Waals surface area contributed by atoms with Crippen LogP contribution in [0.2, 0.25) is 0 Å². The Labute approximate surface area is 163 Å². The molecule has 2 aliphatic heterocycles. The summed E-state index contributed by atoms with van der Waals surface area (Å²) in [5, 5.41) is 3.44. The number of hydrogen-bond donors (Lipinski definition) is 1. The highest BCUT2D eigenvalue weighted by atomic mass is 16.5. The molecule has 2 atom stereocenters. The van der Waals surface area contributed by atoms with Crippen molar-refractivity contribution in [3.63, 3.8) is 0 Å². The molecule has 1 aromatic rings. The second-order valence-electron chi connectivity index (χ2n) is 7.58. The molecule has 0 amide bonds. The summed E-state index contributed by atoms with van der Waals surface area (Å²) < 4.78 is 11.0. The van der Waals surface area contributed by atoms with Crippen molar-refractivity contribution in [2.45, 2.75) is 19.8 Å². The number of aliphatic imine (C=N–C) groups is 1. The van der Waals surface area contributed by atoms with Crippen LogP contribution in [-0.2, 0) is 4.74 Å². The molecule has 6 heteroatoms. The first-order valence-electron chi connectivity index (χ1n) is 10.2. The van der Waals surface area contributed by atoms with Gasteiger partial charge in [0.2, 0.25) is 0 Å². The van der Waals surface area contributed by atoms with Crippen LogP contribution in [0.1, 0.15) is 19.8 Å². The van der Waals surface area contributed by atoms with Crippen LogP contribution in [0.4, 0.5) is 5.69 Å². The van der Waals surface area contributed by atoms with E-state index in [-0.39, 0.29) is 0 Å². The normalized spacial score (nSPS) is 22.9. The van der Waals surface area contributed by atoms with Crippen molar-refractivity contribution in [3.8, 4) is 5.75 Å². The average Bonchev–Trinajstić information content (AvgIpc) is 3.37. The van der Waals surface area contributed by atoms with E-state index in [1.165, 1.54) is 12.1 Å². The summed E-state index contributed by atoms with van der Waals surface area (Å²) >= 11 is 0. The quantitative estimate of drug-likeness (QED) is 0.587. The van der Waals surface area contributed by atoms with E-state index in [4.69, 9.17) is 14.5 Å².